The number of nitrogens with two attached hydrogens (primary N) is 1. The predicted octanol–water partition coefficient (Wildman–Crippen LogP) is 0.606. The lowest BCUT2D eigenvalue weighted by Crippen LogP contribution is -2.28. The zero-order valence-electron chi connectivity index (χ0n) is 8.56. The van der Waals surface area contributed by atoms with Crippen LogP contribution in [-0.2, 0) is 11.2 Å². The van der Waals surface area contributed by atoms with Crippen molar-refractivity contribution in [3.63, 3.8) is 0 Å². The molecule has 0 aliphatic rings. The summed E-state index contributed by atoms with van der Waals surface area (Å²) in [5.74, 6) is 0.618. The normalized spacial score (nSPS) is 12.5. The van der Waals surface area contributed by atoms with Crippen molar-refractivity contribution in [2.24, 2.45) is 5.73 Å². The van der Waals surface area contributed by atoms with Crippen LogP contribution in [0.1, 0.15) is 5.69 Å². The van der Waals surface area contributed by atoms with Crippen LogP contribution in [0.3, 0.4) is 0 Å². The van der Waals surface area contributed by atoms with Crippen LogP contribution in [-0.4, -0.2) is 31.9 Å². The van der Waals surface area contributed by atoms with Crippen LogP contribution in [0.15, 0.2) is 18.2 Å². The molecule has 0 aliphatic carbocycles. The lowest BCUT2D eigenvalue weighted by atomic mass is 10.1. The number of rotatable bonds is 5. The summed E-state index contributed by atoms with van der Waals surface area (Å²) in [5, 5.41) is 0. The molecule has 0 radical (unpaired) electrons. The van der Waals surface area contributed by atoms with E-state index in [-0.39, 0.29) is 6.04 Å². The number of nitrogens with zero attached hydrogens (tertiary/aromatic N) is 1. The molecule has 1 unspecified atom stereocenters. The number of aromatic nitrogens is 1. The van der Waals surface area contributed by atoms with Crippen molar-refractivity contribution in [1.29, 1.82) is 0 Å². The Hall–Kier alpha value is -1.13. The molecule has 0 aromatic carbocycles. The molecular formula is C10H16N2O2. The minimum Gasteiger partial charge on any atom is -0.481 e. The van der Waals surface area contributed by atoms with E-state index in [1.807, 2.05) is 18.2 Å². The fourth-order valence-electron chi connectivity index (χ4n) is 1.23. The van der Waals surface area contributed by atoms with Crippen molar-refractivity contribution in [3.8, 4) is 5.88 Å². The Morgan fingerprint density at radius 3 is 2.86 bits per heavy atom. The number of pyridine rings is 1. The highest BCUT2D eigenvalue weighted by molar-refractivity contribution is 5.16. The van der Waals surface area contributed by atoms with Gasteiger partial charge >= 0.3 is 0 Å². The predicted molar refractivity (Wildman–Crippen MR) is 54.3 cm³/mol. The van der Waals surface area contributed by atoms with Gasteiger partial charge in [-0.15, -0.1) is 0 Å². The van der Waals surface area contributed by atoms with Crippen molar-refractivity contribution in [2.45, 2.75) is 12.5 Å². The Labute approximate surface area is 84.0 Å². The van der Waals surface area contributed by atoms with Crippen molar-refractivity contribution in [1.82, 2.24) is 4.98 Å². The molecule has 14 heavy (non-hydrogen) atoms. The number of methoxy groups -OCH3 is 2. The average Bonchev–Trinajstić information content (AvgIpc) is 2.18. The fourth-order valence-corrected chi connectivity index (χ4v) is 1.23. The summed E-state index contributed by atoms with van der Waals surface area (Å²) < 4.78 is 9.96. The molecule has 0 aliphatic heterocycles. The second-order valence-electron chi connectivity index (χ2n) is 3.09. The number of hydrogen-bond acceptors (Lipinski definition) is 4. The highest BCUT2D eigenvalue weighted by Crippen LogP contribution is 2.07. The van der Waals surface area contributed by atoms with E-state index in [1.54, 1.807) is 14.2 Å². The van der Waals surface area contributed by atoms with Gasteiger partial charge in [-0.2, -0.15) is 0 Å². The first-order valence-corrected chi connectivity index (χ1v) is 4.50. The van der Waals surface area contributed by atoms with Crippen molar-refractivity contribution in [2.75, 3.05) is 20.8 Å². The molecule has 0 spiro atoms. The van der Waals surface area contributed by atoms with E-state index in [0.29, 0.717) is 18.9 Å². The molecule has 1 aromatic rings. The monoisotopic (exact) mass is 196 g/mol. The molecule has 0 saturated heterocycles. The van der Waals surface area contributed by atoms with Gasteiger partial charge in [0.15, 0.2) is 0 Å². The van der Waals surface area contributed by atoms with Gasteiger partial charge in [-0.3, -0.25) is 0 Å². The molecule has 1 atom stereocenters. The molecule has 4 heteroatoms. The molecule has 2 N–H and O–H groups in total. The Bertz CT molecular complexity index is 279. The summed E-state index contributed by atoms with van der Waals surface area (Å²) in [6.45, 7) is 0.541. The van der Waals surface area contributed by atoms with Crippen LogP contribution < -0.4 is 10.5 Å². The van der Waals surface area contributed by atoms with Crippen LogP contribution >= 0.6 is 0 Å². The second kappa shape index (κ2) is 5.57. The molecule has 1 aromatic heterocycles. The summed E-state index contributed by atoms with van der Waals surface area (Å²) >= 11 is 0. The van der Waals surface area contributed by atoms with Gasteiger partial charge in [0.1, 0.15) is 0 Å². The lowest BCUT2D eigenvalue weighted by molar-refractivity contribution is 0.179. The largest absolute Gasteiger partial charge is 0.481 e. The Morgan fingerprint density at radius 1 is 1.43 bits per heavy atom. The van der Waals surface area contributed by atoms with Crippen molar-refractivity contribution >= 4 is 0 Å². The highest BCUT2D eigenvalue weighted by Gasteiger charge is 2.05. The third kappa shape index (κ3) is 3.32. The van der Waals surface area contributed by atoms with Gasteiger partial charge in [0, 0.05) is 31.3 Å². The Morgan fingerprint density at radius 2 is 2.21 bits per heavy atom. The smallest absolute Gasteiger partial charge is 0.213 e. The van der Waals surface area contributed by atoms with Crippen LogP contribution in [0.2, 0.25) is 0 Å². The van der Waals surface area contributed by atoms with Gasteiger partial charge < -0.3 is 15.2 Å². The topological polar surface area (TPSA) is 57.4 Å². The quantitative estimate of drug-likeness (QED) is 0.749. The molecule has 0 fully saturated rings. The maximum absolute atomic E-state index is 5.80. The van der Waals surface area contributed by atoms with Crippen LogP contribution in [0.25, 0.3) is 0 Å². The first-order chi connectivity index (χ1) is 6.76. The van der Waals surface area contributed by atoms with E-state index in [1.165, 1.54) is 0 Å². The van der Waals surface area contributed by atoms with Gasteiger partial charge in [-0.05, 0) is 6.07 Å². The number of ether oxygens (including phenoxy) is 2. The summed E-state index contributed by atoms with van der Waals surface area (Å²) in [4.78, 5) is 4.26. The highest BCUT2D eigenvalue weighted by atomic mass is 16.5. The summed E-state index contributed by atoms with van der Waals surface area (Å²) in [5.41, 5.74) is 6.73. The first-order valence-electron chi connectivity index (χ1n) is 4.50. The third-order valence-electron chi connectivity index (χ3n) is 1.84. The van der Waals surface area contributed by atoms with Crippen LogP contribution in [0.4, 0.5) is 0 Å². The van der Waals surface area contributed by atoms with E-state index < -0.39 is 0 Å². The van der Waals surface area contributed by atoms with Gasteiger partial charge in [0.25, 0.3) is 0 Å². The van der Waals surface area contributed by atoms with Crippen molar-refractivity contribution < 1.29 is 9.47 Å². The van der Waals surface area contributed by atoms with E-state index in [9.17, 15) is 0 Å². The van der Waals surface area contributed by atoms with Gasteiger partial charge in [-0.1, -0.05) is 6.07 Å². The maximum atomic E-state index is 5.80. The Kier molecular flexibility index (Phi) is 4.35. The SMILES string of the molecule is COCC(N)Cc1cccc(OC)n1. The average molecular weight is 196 g/mol. The van der Waals surface area contributed by atoms with E-state index in [4.69, 9.17) is 15.2 Å². The lowest BCUT2D eigenvalue weighted by Gasteiger charge is -2.09. The van der Waals surface area contributed by atoms with Gasteiger partial charge in [0.05, 0.1) is 13.7 Å². The van der Waals surface area contributed by atoms with E-state index in [0.717, 1.165) is 5.69 Å². The third-order valence-corrected chi connectivity index (χ3v) is 1.84. The van der Waals surface area contributed by atoms with E-state index >= 15 is 0 Å². The Balaban J connectivity index is 2.57. The minimum atomic E-state index is -0.0143. The molecule has 0 bridgehead atoms. The standard InChI is InChI=1S/C10H16N2O2/c1-13-7-8(11)6-9-4-3-5-10(12-9)14-2/h3-5,8H,6-7,11H2,1-2H3. The molecule has 78 valence electrons. The fraction of sp³-hybridized carbons (Fsp3) is 0.500. The van der Waals surface area contributed by atoms with Crippen LogP contribution in [0.5, 0.6) is 5.88 Å². The van der Waals surface area contributed by atoms with Crippen molar-refractivity contribution in [3.05, 3.63) is 23.9 Å². The molecule has 0 amide bonds. The summed E-state index contributed by atoms with van der Waals surface area (Å²) in [7, 11) is 3.24. The molecule has 1 heterocycles. The summed E-state index contributed by atoms with van der Waals surface area (Å²) in [6.07, 6.45) is 0.699. The van der Waals surface area contributed by atoms with Gasteiger partial charge in [0.2, 0.25) is 5.88 Å². The molecule has 1 rings (SSSR count). The summed E-state index contributed by atoms with van der Waals surface area (Å²) in [6, 6.07) is 5.63. The molecular weight excluding hydrogens is 180 g/mol. The number of hydrogen-bond donors (Lipinski definition) is 1. The maximum Gasteiger partial charge on any atom is 0.213 e. The zero-order valence-corrected chi connectivity index (χ0v) is 8.56. The van der Waals surface area contributed by atoms with Crippen LogP contribution in [0, 0.1) is 0 Å². The first kappa shape index (κ1) is 10.9. The zero-order chi connectivity index (χ0) is 10.4. The van der Waals surface area contributed by atoms with E-state index in [2.05, 4.69) is 4.98 Å². The molecule has 4 nitrogen and oxygen atoms in total. The van der Waals surface area contributed by atoms with Gasteiger partial charge in [-0.25, -0.2) is 4.98 Å². The second-order valence-corrected chi connectivity index (χ2v) is 3.09. The minimum absolute atomic E-state index is 0.0143. The molecule has 0 saturated carbocycles.